The van der Waals surface area contributed by atoms with Crippen LogP contribution in [0.3, 0.4) is 0 Å². The minimum absolute atomic E-state index is 0.0404. The summed E-state index contributed by atoms with van der Waals surface area (Å²) in [6.45, 7) is 7.44. The number of carbonyl (C=O) groups excluding carboxylic acids is 1. The minimum atomic E-state index is -3.87. The molecule has 0 aliphatic heterocycles. The van der Waals surface area contributed by atoms with E-state index in [1.165, 1.54) is 12.1 Å². The lowest BCUT2D eigenvalue weighted by Crippen LogP contribution is -2.16. The third-order valence-electron chi connectivity index (χ3n) is 4.79. The molecule has 3 rings (SSSR count). The summed E-state index contributed by atoms with van der Waals surface area (Å²) in [4.78, 5) is 12.6. The molecule has 9 heteroatoms. The molecule has 0 atom stereocenters. The topological polar surface area (TPSA) is 107 Å². The van der Waals surface area contributed by atoms with Crippen molar-refractivity contribution in [2.24, 2.45) is 5.14 Å². The van der Waals surface area contributed by atoms with Crippen LogP contribution in [0.5, 0.6) is 0 Å². The van der Waals surface area contributed by atoms with Crippen molar-refractivity contribution in [2.45, 2.75) is 32.6 Å². The summed E-state index contributed by atoms with van der Waals surface area (Å²) in [7, 11) is -3.87. The predicted octanol–water partition coefficient (Wildman–Crippen LogP) is 3.77. The number of anilines is 1. The van der Waals surface area contributed by atoms with Crippen LogP contribution in [0, 0.1) is 27.7 Å². The van der Waals surface area contributed by atoms with Gasteiger partial charge in [-0.3, -0.25) is 4.79 Å². The Labute approximate surface area is 178 Å². The van der Waals surface area contributed by atoms with Crippen molar-refractivity contribution >= 4 is 37.5 Å². The van der Waals surface area contributed by atoms with Crippen LogP contribution in [0.4, 0.5) is 5.69 Å². The molecular weight excluding hydrogens is 456 g/mol. The average Bonchev–Trinajstić information content (AvgIpc) is 2.92. The molecule has 0 radical (unpaired) electrons. The van der Waals surface area contributed by atoms with Gasteiger partial charge in [0, 0.05) is 11.3 Å². The number of hydrogen-bond donors (Lipinski definition) is 2. The molecule has 1 aromatic heterocycles. The third-order valence-corrected chi connectivity index (χ3v) is 6.84. The van der Waals surface area contributed by atoms with Crippen LogP contribution in [0.1, 0.15) is 32.9 Å². The minimum Gasteiger partial charge on any atom is -0.322 e. The standard InChI is InChI=1S/C20H21BrN4O3S/c1-11-9-17(29(22,27)28)10-18(12(11)2)23-20(26)15-5-7-16(8-6-15)25-14(4)19(21)13(3)24-25/h5-10H,1-4H3,(H,23,26)(H2,22,27,28). The Hall–Kier alpha value is -2.49. The average molecular weight is 477 g/mol. The van der Waals surface area contributed by atoms with E-state index in [0.29, 0.717) is 11.3 Å². The van der Waals surface area contributed by atoms with Crippen LogP contribution in [-0.4, -0.2) is 24.1 Å². The fourth-order valence-corrected chi connectivity index (χ4v) is 3.81. The maximum Gasteiger partial charge on any atom is 0.255 e. The normalized spacial score (nSPS) is 11.5. The number of rotatable bonds is 4. The van der Waals surface area contributed by atoms with Crippen molar-refractivity contribution in [3.05, 3.63) is 68.9 Å². The highest BCUT2D eigenvalue weighted by molar-refractivity contribution is 9.10. The fraction of sp³-hybridized carbons (Fsp3) is 0.200. The molecule has 0 saturated carbocycles. The first kappa shape index (κ1) is 21.2. The monoisotopic (exact) mass is 476 g/mol. The van der Waals surface area contributed by atoms with E-state index in [1.54, 1.807) is 35.9 Å². The number of nitrogens with one attached hydrogen (secondary N) is 1. The third kappa shape index (κ3) is 4.26. The smallest absolute Gasteiger partial charge is 0.255 e. The molecule has 0 bridgehead atoms. The Morgan fingerprint density at radius 1 is 1.10 bits per heavy atom. The summed E-state index contributed by atoms with van der Waals surface area (Å²) in [6, 6.07) is 9.86. The molecule has 152 valence electrons. The van der Waals surface area contributed by atoms with E-state index in [1.807, 2.05) is 20.8 Å². The number of aromatic nitrogens is 2. The summed E-state index contributed by atoms with van der Waals surface area (Å²) in [5.74, 6) is -0.347. The van der Waals surface area contributed by atoms with Crippen LogP contribution in [-0.2, 0) is 10.0 Å². The highest BCUT2D eigenvalue weighted by Crippen LogP contribution is 2.25. The van der Waals surface area contributed by atoms with Gasteiger partial charge < -0.3 is 5.32 Å². The van der Waals surface area contributed by atoms with Crippen LogP contribution in [0.15, 0.2) is 45.8 Å². The van der Waals surface area contributed by atoms with Gasteiger partial charge >= 0.3 is 0 Å². The first-order valence-electron chi connectivity index (χ1n) is 8.76. The largest absolute Gasteiger partial charge is 0.322 e. The lowest BCUT2D eigenvalue weighted by Gasteiger charge is -2.13. The van der Waals surface area contributed by atoms with Gasteiger partial charge in [-0.2, -0.15) is 5.10 Å². The van der Waals surface area contributed by atoms with Crippen LogP contribution < -0.4 is 10.5 Å². The zero-order valence-corrected chi connectivity index (χ0v) is 18.8. The summed E-state index contributed by atoms with van der Waals surface area (Å²) < 4.78 is 26.1. The van der Waals surface area contributed by atoms with Gasteiger partial charge in [0.15, 0.2) is 0 Å². The number of hydrogen-bond acceptors (Lipinski definition) is 4. The van der Waals surface area contributed by atoms with Crippen LogP contribution in [0.2, 0.25) is 0 Å². The van der Waals surface area contributed by atoms with Crippen molar-refractivity contribution in [1.29, 1.82) is 0 Å². The molecule has 1 heterocycles. The number of aryl methyl sites for hydroxylation is 2. The molecule has 3 N–H and O–H groups in total. The van der Waals surface area contributed by atoms with E-state index in [9.17, 15) is 13.2 Å². The number of nitrogens with zero attached hydrogens (tertiary/aromatic N) is 2. The second-order valence-corrected chi connectivity index (χ2v) is 9.21. The summed E-state index contributed by atoms with van der Waals surface area (Å²) in [6.07, 6.45) is 0. The van der Waals surface area contributed by atoms with Gasteiger partial charge in [0.2, 0.25) is 10.0 Å². The number of carbonyl (C=O) groups is 1. The predicted molar refractivity (Wildman–Crippen MR) is 116 cm³/mol. The first-order chi connectivity index (χ1) is 13.5. The van der Waals surface area contributed by atoms with E-state index >= 15 is 0 Å². The highest BCUT2D eigenvalue weighted by Gasteiger charge is 2.16. The second-order valence-electron chi connectivity index (χ2n) is 6.86. The van der Waals surface area contributed by atoms with E-state index in [0.717, 1.165) is 32.7 Å². The van der Waals surface area contributed by atoms with Gasteiger partial charge in [-0.05, 0) is 91.1 Å². The van der Waals surface area contributed by atoms with Gasteiger partial charge in [0.1, 0.15) is 0 Å². The van der Waals surface area contributed by atoms with E-state index in [4.69, 9.17) is 5.14 Å². The molecule has 0 aliphatic rings. The molecule has 29 heavy (non-hydrogen) atoms. The molecule has 0 aliphatic carbocycles. The number of halogens is 1. The van der Waals surface area contributed by atoms with Crippen molar-refractivity contribution in [2.75, 3.05) is 5.32 Å². The number of amides is 1. The van der Waals surface area contributed by atoms with Crippen LogP contribution >= 0.6 is 15.9 Å². The lowest BCUT2D eigenvalue weighted by atomic mass is 10.1. The van der Waals surface area contributed by atoms with E-state index < -0.39 is 10.0 Å². The maximum absolute atomic E-state index is 12.7. The molecular formula is C20H21BrN4O3S. The molecule has 0 fully saturated rings. The Balaban J connectivity index is 1.89. The molecule has 3 aromatic rings. The van der Waals surface area contributed by atoms with Gasteiger partial charge in [0.25, 0.3) is 5.91 Å². The SMILES string of the molecule is Cc1cc(S(N)(=O)=O)cc(NC(=O)c2ccc(-n3nc(C)c(Br)c3C)cc2)c1C. The lowest BCUT2D eigenvalue weighted by molar-refractivity contribution is 0.102. The van der Waals surface area contributed by atoms with E-state index in [-0.39, 0.29) is 10.8 Å². The summed E-state index contributed by atoms with van der Waals surface area (Å²) in [5, 5.41) is 12.5. The van der Waals surface area contributed by atoms with Crippen molar-refractivity contribution in [3.63, 3.8) is 0 Å². The van der Waals surface area contributed by atoms with Gasteiger partial charge in [-0.1, -0.05) is 0 Å². The number of primary sulfonamides is 1. The Morgan fingerprint density at radius 3 is 2.24 bits per heavy atom. The van der Waals surface area contributed by atoms with Crippen molar-refractivity contribution in [1.82, 2.24) is 9.78 Å². The Kier molecular flexibility index (Phi) is 5.66. The molecule has 0 saturated heterocycles. The molecule has 2 aromatic carbocycles. The molecule has 1 amide bonds. The second kappa shape index (κ2) is 7.74. The summed E-state index contributed by atoms with van der Waals surface area (Å²) in [5.41, 5.74) is 5.01. The number of benzene rings is 2. The van der Waals surface area contributed by atoms with E-state index in [2.05, 4.69) is 26.3 Å². The molecule has 7 nitrogen and oxygen atoms in total. The number of sulfonamides is 1. The molecule has 0 unspecified atom stereocenters. The van der Waals surface area contributed by atoms with Gasteiger partial charge in [0.05, 0.1) is 26.4 Å². The van der Waals surface area contributed by atoms with Gasteiger partial charge in [-0.15, -0.1) is 0 Å². The summed E-state index contributed by atoms with van der Waals surface area (Å²) >= 11 is 3.51. The Bertz CT molecular complexity index is 1220. The highest BCUT2D eigenvalue weighted by atomic mass is 79.9. The number of nitrogens with two attached hydrogens (primary N) is 1. The van der Waals surface area contributed by atoms with Gasteiger partial charge in [-0.25, -0.2) is 18.2 Å². The fourth-order valence-electron chi connectivity index (χ4n) is 2.94. The molecule has 0 spiro atoms. The first-order valence-corrected chi connectivity index (χ1v) is 11.1. The van der Waals surface area contributed by atoms with Crippen LogP contribution in [0.25, 0.3) is 5.69 Å². The quantitative estimate of drug-likeness (QED) is 0.597. The zero-order chi connectivity index (χ0) is 21.5. The maximum atomic E-state index is 12.7. The van der Waals surface area contributed by atoms with Crippen molar-refractivity contribution < 1.29 is 13.2 Å². The zero-order valence-electron chi connectivity index (χ0n) is 16.4. The van der Waals surface area contributed by atoms with Crippen molar-refractivity contribution in [3.8, 4) is 5.69 Å². The Morgan fingerprint density at radius 2 is 1.72 bits per heavy atom.